The fourth-order valence-corrected chi connectivity index (χ4v) is 1.69. The molecule has 0 fully saturated rings. The number of hydrogen-bond acceptors (Lipinski definition) is 2. The summed E-state index contributed by atoms with van der Waals surface area (Å²) in [5.74, 6) is -0.427. The van der Waals surface area contributed by atoms with Crippen LogP contribution in [0.15, 0.2) is 24.3 Å². The second-order valence-electron chi connectivity index (χ2n) is 3.63. The number of amides is 1. The van der Waals surface area contributed by atoms with Crippen LogP contribution in [-0.2, 0) is 0 Å². The lowest BCUT2D eigenvalue weighted by Crippen LogP contribution is -2.13. The van der Waals surface area contributed by atoms with Gasteiger partial charge in [0.05, 0.1) is 16.8 Å². The average Bonchev–Trinajstić information content (AvgIpc) is 2.18. The Hall–Kier alpha value is -1.90. The predicted octanol–water partition coefficient (Wildman–Crippen LogP) is 1.95. The van der Waals surface area contributed by atoms with Gasteiger partial charge in [0.15, 0.2) is 0 Å². The molecule has 0 saturated heterocycles. The van der Waals surface area contributed by atoms with Crippen molar-refractivity contribution in [2.75, 3.05) is 0 Å². The van der Waals surface area contributed by atoms with Crippen LogP contribution in [0.25, 0.3) is 10.9 Å². The van der Waals surface area contributed by atoms with Crippen LogP contribution in [0.3, 0.4) is 0 Å². The Morgan fingerprint density at radius 1 is 1.33 bits per heavy atom. The Bertz CT molecular complexity index is 547. The summed E-state index contributed by atoms with van der Waals surface area (Å²) in [6, 6.07) is 7.67. The zero-order valence-electron chi connectivity index (χ0n) is 8.74. The standard InChI is InChI=1S/C12H12N2O/c1-7-4-3-5-9-6-10(12(13)15)8(2)14-11(7)9/h3-6H,1-2H3,(H2,13,15). The van der Waals surface area contributed by atoms with E-state index in [4.69, 9.17) is 5.73 Å². The molecule has 1 heterocycles. The van der Waals surface area contributed by atoms with E-state index in [-0.39, 0.29) is 0 Å². The summed E-state index contributed by atoms with van der Waals surface area (Å²) < 4.78 is 0. The maximum atomic E-state index is 11.1. The van der Waals surface area contributed by atoms with Gasteiger partial charge in [-0.2, -0.15) is 0 Å². The number of aromatic nitrogens is 1. The van der Waals surface area contributed by atoms with E-state index in [9.17, 15) is 4.79 Å². The molecule has 0 saturated carbocycles. The van der Waals surface area contributed by atoms with Crippen LogP contribution in [0.2, 0.25) is 0 Å². The lowest BCUT2D eigenvalue weighted by Gasteiger charge is -2.05. The van der Waals surface area contributed by atoms with E-state index in [1.54, 1.807) is 13.0 Å². The first-order valence-corrected chi connectivity index (χ1v) is 4.76. The minimum atomic E-state index is -0.427. The first-order valence-electron chi connectivity index (χ1n) is 4.76. The smallest absolute Gasteiger partial charge is 0.250 e. The zero-order chi connectivity index (χ0) is 11.0. The zero-order valence-corrected chi connectivity index (χ0v) is 8.74. The van der Waals surface area contributed by atoms with Crippen molar-refractivity contribution in [2.45, 2.75) is 13.8 Å². The minimum absolute atomic E-state index is 0.427. The number of rotatable bonds is 1. The van der Waals surface area contributed by atoms with Gasteiger partial charge in [-0.3, -0.25) is 9.78 Å². The topological polar surface area (TPSA) is 56.0 Å². The highest BCUT2D eigenvalue weighted by molar-refractivity contribution is 5.97. The Morgan fingerprint density at radius 2 is 2.07 bits per heavy atom. The van der Waals surface area contributed by atoms with Gasteiger partial charge in [-0.1, -0.05) is 18.2 Å². The van der Waals surface area contributed by atoms with E-state index in [0.717, 1.165) is 16.5 Å². The fourth-order valence-electron chi connectivity index (χ4n) is 1.69. The Balaban J connectivity index is 2.82. The van der Waals surface area contributed by atoms with Gasteiger partial charge in [0, 0.05) is 5.39 Å². The normalized spacial score (nSPS) is 10.5. The van der Waals surface area contributed by atoms with Crippen molar-refractivity contribution in [2.24, 2.45) is 5.73 Å². The van der Waals surface area contributed by atoms with E-state index >= 15 is 0 Å². The highest BCUT2D eigenvalue weighted by Gasteiger charge is 2.08. The van der Waals surface area contributed by atoms with Crippen LogP contribution in [0.1, 0.15) is 21.6 Å². The molecule has 0 atom stereocenters. The van der Waals surface area contributed by atoms with Crippen molar-refractivity contribution in [1.82, 2.24) is 4.98 Å². The molecule has 0 aliphatic heterocycles. The van der Waals surface area contributed by atoms with Gasteiger partial charge in [0.25, 0.3) is 5.91 Å². The van der Waals surface area contributed by atoms with Crippen molar-refractivity contribution >= 4 is 16.8 Å². The number of aryl methyl sites for hydroxylation is 2. The molecule has 0 radical (unpaired) electrons. The van der Waals surface area contributed by atoms with Crippen LogP contribution >= 0.6 is 0 Å². The summed E-state index contributed by atoms with van der Waals surface area (Å²) in [6.45, 7) is 3.80. The highest BCUT2D eigenvalue weighted by Crippen LogP contribution is 2.19. The third-order valence-electron chi connectivity index (χ3n) is 2.50. The molecular formula is C12H12N2O. The molecule has 2 N–H and O–H groups in total. The van der Waals surface area contributed by atoms with Gasteiger partial charge >= 0.3 is 0 Å². The Morgan fingerprint density at radius 3 is 2.73 bits per heavy atom. The largest absolute Gasteiger partial charge is 0.366 e. The summed E-state index contributed by atoms with van der Waals surface area (Å²) in [7, 11) is 0. The van der Waals surface area contributed by atoms with Crippen molar-refractivity contribution < 1.29 is 4.79 Å². The minimum Gasteiger partial charge on any atom is -0.366 e. The van der Waals surface area contributed by atoms with Crippen molar-refractivity contribution in [3.8, 4) is 0 Å². The summed E-state index contributed by atoms with van der Waals surface area (Å²) in [5.41, 5.74) is 8.48. The van der Waals surface area contributed by atoms with Crippen LogP contribution in [-0.4, -0.2) is 10.9 Å². The molecule has 0 aliphatic carbocycles. The molecule has 0 spiro atoms. The van der Waals surface area contributed by atoms with Crippen LogP contribution < -0.4 is 5.73 Å². The van der Waals surface area contributed by atoms with Crippen molar-refractivity contribution in [3.05, 3.63) is 41.1 Å². The summed E-state index contributed by atoms with van der Waals surface area (Å²) in [6.07, 6.45) is 0. The molecule has 1 aromatic heterocycles. The lowest BCUT2D eigenvalue weighted by atomic mass is 10.1. The van der Waals surface area contributed by atoms with E-state index in [1.165, 1.54) is 0 Å². The monoisotopic (exact) mass is 200 g/mol. The number of nitrogens with two attached hydrogens (primary N) is 1. The number of para-hydroxylation sites is 1. The number of pyridine rings is 1. The Labute approximate surface area is 87.9 Å². The molecule has 2 aromatic rings. The van der Waals surface area contributed by atoms with E-state index < -0.39 is 5.91 Å². The molecule has 1 amide bonds. The molecule has 2 rings (SSSR count). The molecule has 3 heteroatoms. The summed E-state index contributed by atoms with van der Waals surface area (Å²) in [4.78, 5) is 15.5. The summed E-state index contributed by atoms with van der Waals surface area (Å²) in [5, 5.41) is 0.953. The average molecular weight is 200 g/mol. The van der Waals surface area contributed by atoms with Crippen molar-refractivity contribution in [1.29, 1.82) is 0 Å². The van der Waals surface area contributed by atoms with E-state index in [2.05, 4.69) is 4.98 Å². The van der Waals surface area contributed by atoms with Gasteiger partial charge in [-0.15, -0.1) is 0 Å². The van der Waals surface area contributed by atoms with E-state index in [1.807, 2.05) is 25.1 Å². The van der Waals surface area contributed by atoms with Gasteiger partial charge in [0.1, 0.15) is 0 Å². The predicted molar refractivity (Wildman–Crippen MR) is 59.7 cm³/mol. The van der Waals surface area contributed by atoms with Crippen molar-refractivity contribution in [3.63, 3.8) is 0 Å². The van der Waals surface area contributed by atoms with Gasteiger partial charge in [-0.25, -0.2) is 0 Å². The number of fused-ring (bicyclic) bond motifs is 1. The molecule has 3 nitrogen and oxygen atoms in total. The maximum Gasteiger partial charge on any atom is 0.250 e. The second-order valence-corrected chi connectivity index (χ2v) is 3.63. The molecule has 15 heavy (non-hydrogen) atoms. The Kier molecular flexibility index (Phi) is 2.15. The number of nitrogens with zero attached hydrogens (tertiary/aromatic N) is 1. The van der Waals surface area contributed by atoms with Crippen LogP contribution in [0, 0.1) is 13.8 Å². The second kappa shape index (κ2) is 3.35. The molecule has 0 unspecified atom stereocenters. The fraction of sp³-hybridized carbons (Fsp3) is 0.167. The molecule has 0 bridgehead atoms. The van der Waals surface area contributed by atoms with Crippen LogP contribution in [0.5, 0.6) is 0 Å². The van der Waals surface area contributed by atoms with Gasteiger partial charge < -0.3 is 5.73 Å². The number of carbonyl (C=O) groups excluding carboxylic acids is 1. The third-order valence-corrected chi connectivity index (χ3v) is 2.50. The number of benzene rings is 1. The molecule has 1 aromatic carbocycles. The first-order chi connectivity index (χ1) is 7.09. The van der Waals surface area contributed by atoms with E-state index in [0.29, 0.717) is 11.3 Å². The maximum absolute atomic E-state index is 11.1. The molecule has 76 valence electrons. The lowest BCUT2D eigenvalue weighted by molar-refractivity contribution is 0.0999. The summed E-state index contributed by atoms with van der Waals surface area (Å²) >= 11 is 0. The first kappa shape index (κ1) is 9.65. The molecular weight excluding hydrogens is 188 g/mol. The third kappa shape index (κ3) is 1.56. The quantitative estimate of drug-likeness (QED) is 0.764. The highest BCUT2D eigenvalue weighted by atomic mass is 16.1. The van der Waals surface area contributed by atoms with Gasteiger partial charge in [-0.05, 0) is 25.5 Å². The number of hydrogen-bond donors (Lipinski definition) is 1. The van der Waals surface area contributed by atoms with Crippen LogP contribution in [0.4, 0.5) is 0 Å². The van der Waals surface area contributed by atoms with Gasteiger partial charge in [0.2, 0.25) is 0 Å². The SMILES string of the molecule is Cc1nc2c(C)cccc2cc1C(N)=O. The number of carbonyl (C=O) groups is 1. The molecule has 0 aliphatic rings. The number of primary amides is 1.